The number of nitrogens with one attached hydrogen (secondary N) is 1. The Kier molecular flexibility index (Phi) is 7.53. The zero-order chi connectivity index (χ0) is 18.2. The van der Waals surface area contributed by atoms with Gasteiger partial charge in [-0.3, -0.25) is 0 Å². The van der Waals surface area contributed by atoms with Gasteiger partial charge in [0, 0.05) is 25.0 Å². The van der Waals surface area contributed by atoms with Gasteiger partial charge in [-0.25, -0.2) is 8.78 Å². The summed E-state index contributed by atoms with van der Waals surface area (Å²) in [4.78, 5) is 2.24. The zero-order valence-corrected chi connectivity index (χ0v) is 15.3. The third kappa shape index (κ3) is 5.91. The lowest BCUT2D eigenvalue weighted by Crippen LogP contribution is -2.41. The number of rotatable bonds is 9. The Balaban J connectivity index is 2.06. The summed E-state index contributed by atoms with van der Waals surface area (Å²) in [5, 5.41) is 3.43. The van der Waals surface area contributed by atoms with Crippen molar-refractivity contribution in [2.75, 3.05) is 20.6 Å². The third-order valence-corrected chi connectivity index (χ3v) is 4.63. The molecule has 1 N–H and O–H groups in total. The van der Waals surface area contributed by atoms with Crippen LogP contribution in [0, 0.1) is 11.6 Å². The van der Waals surface area contributed by atoms with E-state index in [2.05, 4.69) is 24.2 Å². The van der Waals surface area contributed by atoms with Gasteiger partial charge in [0.25, 0.3) is 0 Å². The molecule has 0 saturated heterocycles. The number of hydrogen-bond donors (Lipinski definition) is 1. The van der Waals surface area contributed by atoms with Crippen molar-refractivity contribution in [3.05, 3.63) is 71.3 Å². The minimum atomic E-state index is -0.209. The van der Waals surface area contributed by atoms with Gasteiger partial charge >= 0.3 is 0 Å². The molecule has 0 fully saturated rings. The van der Waals surface area contributed by atoms with Gasteiger partial charge in [-0.2, -0.15) is 0 Å². The van der Waals surface area contributed by atoms with E-state index in [1.165, 1.54) is 24.3 Å². The van der Waals surface area contributed by atoms with Gasteiger partial charge in [0.05, 0.1) is 0 Å². The van der Waals surface area contributed by atoms with Crippen LogP contribution in [0.15, 0.2) is 48.5 Å². The second kappa shape index (κ2) is 9.64. The first kappa shape index (κ1) is 19.5. The Morgan fingerprint density at radius 3 is 2.04 bits per heavy atom. The van der Waals surface area contributed by atoms with Crippen molar-refractivity contribution in [1.82, 2.24) is 10.2 Å². The Morgan fingerprint density at radius 2 is 1.52 bits per heavy atom. The molecule has 0 aromatic heterocycles. The number of hydrogen-bond acceptors (Lipinski definition) is 2. The first-order valence-corrected chi connectivity index (χ1v) is 8.89. The van der Waals surface area contributed by atoms with E-state index >= 15 is 0 Å². The largest absolute Gasteiger partial charge is 0.315 e. The molecule has 0 aliphatic heterocycles. The molecule has 0 heterocycles. The smallest absolute Gasteiger partial charge is 0.123 e. The van der Waals surface area contributed by atoms with E-state index < -0.39 is 0 Å². The van der Waals surface area contributed by atoms with Crippen LogP contribution in [0.25, 0.3) is 0 Å². The van der Waals surface area contributed by atoms with E-state index in [-0.39, 0.29) is 17.7 Å². The van der Waals surface area contributed by atoms with Gasteiger partial charge < -0.3 is 10.2 Å². The highest BCUT2D eigenvalue weighted by Crippen LogP contribution is 2.26. The Bertz CT molecular complexity index is 625. The standard InChI is InChI=1S/C21H28F2N2/c1-4-5-20(17-8-12-19(23)13-9-17)21(24-2)15-25(3)14-16-6-10-18(22)11-7-16/h6-13,20-21,24H,4-5,14-15H2,1-3H3. The van der Waals surface area contributed by atoms with Crippen LogP contribution in [-0.2, 0) is 6.54 Å². The molecule has 0 aliphatic rings. The quantitative estimate of drug-likeness (QED) is 0.715. The number of likely N-dealkylation sites (N-methyl/N-ethyl adjacent to an activating group) is 2. The van der Waals surface area contributed by atoms with Crippen LogP contribution >= 0.6 is 0 Å². The fraction of sp³-hybridized carbons (Fsp3) is 0.429. The Morgan fingerprint density at radius 1 is 0.960 bits per heavy atom. The van der Waals surface area contributed by atoms with Crippen molar-refractivity contribution in [2.24, 2.45) is 0 Å². The molecule has 0 aliphatic carbocycles. The fourth-order valence-electron chi connectivity index (χ4n) is 3.34. The highest BCUT2D eigenvalue weighted by Gasteiger charge is 2.22. The summed E-state index contributed by atoms with van der Waals surface area (Å²) < 4.78 is 26.3. The molecule has 2 atom stereocenters. The molecule has 0 saturated carbocycles. The maximum atomic E-state index is 13.2. The maximum absolute atomic E-state index is 13.2. The minimum Gasteiger partial charge on any atom is -0.315 e. The van der Waals surface area contributed by atoms with Crippen LogP contribution in [-0.4, -0.2) is 31.6 Å². The van der Waals surface area contributed by atoms with E-state index in [9.17, 15) is 8.78 Å². The average molecular weight is 346 g/mol. The lowest BCUT2D eigenvalue weighted by atomic mass is 9.87. The van der Waals surface area contributed by atoms with Gasteiger partial charge in [0.1, 0.15) is 11.6 Å². The molecular formula is C21H28F2N2. The molecule has 2 nitrogen and oxygen atoms in total. The summed E-state index contributed by atoms with van der Waals surface area (Å²) in [5.41, 5.74) is 2.25. The van der Waals surface area contributed by atoms with Crippen LogP contribution in [0.5, 0.6) is 0 Å². The normalized spacial score (nSPS) is 13.8. The number of halogens is 2. The summed E-state index contributed by atoms with van der Waals surface area (Å²) >= 11 is 0. The molecule has 0 bridgehead atoms. The van der Waals surface area contributed by atoms with Gasteiger partial charge in [0.15, 0.2) is 0 Å². The van der Waals surface area contributed by atoms with Gasteiger partial charge in [-0.05, 0) is 55.9 Å². The fourth-order valence-corrected chi connectivity index (χ4v) is 3.34. The topological polar surface area (TPSA) is 15.3 Å². The van der Waals surface area contributed by atoms with Crippen molar-refractivity contribution in [3.63, 3.8) is 0 Å². The Labute approximate surface area is 149 Å². The molecule has 2 rings (SSSR count). The van der Waals surface area contributed by atoms with Gasteiger partial charge in [0.2, 0.25) is 0 Å². The second-order valence-electron chi connectivity index (χ2n) is 6.67. The minimum absolute atomic E-state index is 0.201. The van der Waals surface area contributed by atoms with Crippen LogP contribution in [0.2, 0.25) is 0 Å². The van der Waals surface area contributed by atoms with Crippen molar-refractivity contribution < 1.29 is 8.78 Å². The van der Waals surface area contributed by atoms with Crippen LogP contribution in [0.1, 0.15) is 36.8 Å². The van der Waals surface area contributed by atoms with E-state index in [1.807, 2.05) is 31.3 Å². The molecular weight excluding hydrogens is 318 g/mol. The summed E-state index contributed by atoms with van der Waals surface area (Å²) in [6, 6.07) is 13.7. The van der Waals surface area contributed by atoms with Crippen LogP contribution in [0.3, 0.4) is 0 Å². The van der Waals surface area contributed by atoms with E-state index in [4.69, 9.17) is 0 Å². The summed E-state index contributed by atoms with van der Waals surface area (Å²) in [5.74, 6) is -0.0847. The molecule has 2 aromatic carbocycles. The predicted molar refractivity (Wildman–Crippen MR) is 99.6 cm³/mol. The zero-order valence-electron chi connectivity index (χ0n) is 15.3. The van der Waals surface area contributed by atoms with Gasteiger partial charge in [-0.15, -0.1) is 0 Å². The molecule has 4 heteroatoms. The number of benzene rings is 2. The summed E-state index contributed by atoms with van der Waals surface area (Å²) in [6.45, 7) is 3.79. The molecule has 0 spiro atoms. The van der Waals surface area contributed by atoms with E-state index in [0.717, 1.165) is 37.1 Å². The monoisotopic (exact) mass is 346 g/mol. The SMILES string of the molecule is CCCC(c1ccc(F)cc1)C(CN(C)Cc1ccc(F)cc1)NC. The van der Waals surface area contributed by atoms with Crippen LogP contribution in [0.4, 0.5) is 8.78 Å². The third-order valence-electron chi connectivity index (χ3n) is 4.63. The van der Waals surface area contributed by atoms with Crippen molar-refractivity contribution >= 4 is 0 Å². The molecule has 2 aromatic rings. The van der Waals surface area contributed by atoms with Gasteiger partial charge in [-0.1, -0.05) is 37.6 Å². The predicted octanol–water partition coefficient (Wildman–Crippen LogP) is 4.57. The average Bonchev–Trinajstić information content (AvgIpc) is 2.61. The molecule has 0 amide bonds. The molecule has 2 unspecified atom stereocenters. The second-order valence-corrected chi connectivity index (χ2v) is 6.67. The summed E-state index contributed by atoms with van der Waals surface area (Å²) in [6.07, 6.45) is 2.11. The molecule has 0 radical (unpaired) electrons. The molecule has 25 heavy (non-hydrogen) atoms. The first-order chi connectivity index (χ1) is 12.0. The van der Waals surface area contributed by atoms with E-state index in [0.29, 0.717) is 5.92 Å². The first-order valence-electron chi connectivity index (χ1n) is 8.89. The number of nitrogens with zero attached hydrogens (tertiary/aromatic N) is 1. The highest BCUT2D eigenvalue weighted by atomic mass is 19.1. The molecule has 136 valence electrons. The maximum Gasteiger partial charge on any atom is 0.123 e. The van der Waals surface area contributed by atoms with Crippen molar-refractivity contribution in [3.8, 4) is 0 Å². The van der Waals surface area contributed by atoms with Crippen LogP contribution < -0.4 is 5.32 Å². The van der Waals surface area contributed by atoms with Crippen molar-refractivity contribution in [2.45, 2.75) is 38.3 Å². The van der Waals surface area contributed by atoms with E-state index in [1.54, 1.807) is 0 Å². The lowest BCUT2D eigenvalue weighted by Gasteiger charge is -2.31. The summed E-state index contributed by atoms with van der Waals surface area (Å²) in [7, 11) is 4.05. The Hall–Kier alpha value is -1.78. The highest BCUT2D eigenvalue weighted by molar-refractivity contribution is 5.22. The van der Waals surface area contributed by atoms with Crippen molar-refractivity contribution in [1.29, 1.82) is 0 Å². The lowest BCUT2D eigenvalue weighted by molar-refractivity contribution is 0.263.